The van der Waals surface area contributed by atoms with Gasteiger partial charge in [0, 0.05) is 50.9 Å². The number of nitrogens with zero attached hydrogens (tertiary/aromatic N) is 3. The van der Waals surface area contributed by atoms with E-state index < -0.39 is 0 Å². The molecule has 0 radical (unpaired) electrons. The highest BCUT2D eigenvalue weighted by Crippen LogP contribution is 2.28. The zero-order chi connectivity index (χ0) is 17.9. The highest BCUT2D eigenvalue weighted by Gasteiger charge is 2.25. The highest BCUT2D eigenvalue weighted by atomic mass is 32.2. The predicted molar refractivity (Wildman–Crippen MR) is 102 cm³/mol. The van der Waals surface area contributed by atoms with Gasteiger partial charge in [-0.05, 0) is 12.5 Å². The number of fused-ring (bicyclic) bond motifs is 1. The quantitative estimate of drug-likeness (QED) is 0.714. The zero-order valence-electron chi connectivity index (χ0n) is 14.6. The Bertz CT molecular complexity index is 822. The number of methoxy groups -OCH3 is 1. The van der Waals surface area contributed by atoms with Crippen molar-refractivity contribution in [2.45, 2.75) is 18.6 Å². The maximum Gasteiger partial charge on any atom is 0.259 e. The smallest absolute Gasteiger partial charge is 0.259 e. The van der Waals surface area contributed by atoms with Crippen LogP contribution in [0.5, 0.6) is 0 Å². The topological polar surface area (TPSA) is 95.2 Å². The van der Waals surface area contributed by atoms with Gasteiger partial charge in [0.15, 0.2) is 0 Å². The van der Waals surface area contributed by atoms with Crippen molar-refractivity contribution in [2.24, 2.45) is 0 Å². The first-order valence-electron chi connectivity index (χ1n) is 8.68. The second kappa shape index (κ2) is 7.65. The van der Waals surface area contributed by atoms with Gasteiger partial charge in [-0.2, -0.15) is 0 Å². The van der Waals surface area contributed by atoms with Crippen LogP contribution in [0.3, 0.4) is 0 Å². The maximum absolute atomic E-state index is 12.6. The van der Waals surface area contributed by atoms with E-state index in [1.54, 1.807) is 25.2 Å². The molecule has 1 fully saturated rings. The van der Waals surface area contributed by atoms with Crippen LogP contribution in [0.1, 0.15) is 6.42 Å². The lowest BCUT2D eigenvalue weighted by Gasteiger charge is -2.25. The van der Waals surface area contributed by atoms with Crippen molar-refractivity contribution >= 4 is 34.5 Å². The van der Waals surface area contributed by atoms with Gasteiger partial charge < -0.3 is 25.3 Å². The molecule has 3 N–H and O–H groups in total. The van der Waals surface area contributed by atoms with Crippen LogP contribution in [0, 0.1) is 0 Å². The monoisotopic (exact) mass is 374 g/mol. The molecule has 0 aliphatic carbocycles. The number of hydrogen-bond donors (Lipinski definition) is 3. The molecule has 26 heavy (non-hydrogen) atoms. The van der Waals surface area contributed by atoms with Gasteiger partial charge in [0.05, 0.1) is 16.4 Å². The first-order chi connectivity index (χ1) is 12.7. The summed E-state index contributed by atoms with van der Waals surface area (Å²) in [6.45, 7) is 2.24. The third-order valence-electron chi connectivity index (χ3n) is 4.72. The molecule has 4 heterocycles. The lowest BCUT2D eigenvalue weighted by atomic mass is 10.2. The number of hydrogen-bond acceptors (Lipinski definition) is 7. The van der Waals surface area contributed by atoms with Gasteiger partial charge in [-0.1, -0.05) is 0 Å². The van der Waals surface area contributed by atoms with Crippen LogP contribution >= 0.6 is 11.8 Å². The lowest BCUT2D eigenvalue weighted by Crippen LogP contribution is -2.38. The average molecular weight is 374 g/mol. The van der Waals surface area contributed by atoms with E-state index in [1.165, 1.54) is 0 Å². The van der Waals surface area contributed by atoms with Crippen molar-refractivity contribution in [2.75, 3.05) is 37.4 Å². The summed E-state index contributed by atoms with van der Waals surface area (Å²) in [7, 11) is 1.72. The number of anilines is 1. The number of H-pyrrole nitrogens is 1. The SMILES string of the molecule is CO[C@H]1CN[C@@H](CNC(=O)C2=CN(c3ncnc4[nH]ccc34)CCS2)C1. The lowest BCUT2D eigenvalue weighted by molar-refractivity contribution is -0.116. The minimum absolute atomic E-state index is 0.0401. The van der Waals surface area contributed by atoms with Crippen LogP contribution < -0.4 is 15.5 Å². The summed E-state index contributed by atoms with van der Waals surface area (Å²) in [5.41, 5.74) is 0.799. The number of rotatable bonds is 5. The summed E-state index contributed by atoms with van der Waals surface area (Å²) in [5.74, 6) is 1.62. The number of aromatic amines is 1. The molecule has 2 atom stereocenters. The molecule has 0 saturated carbocycles. The number of aromatic nitrogens is 3. The molecule has 8 nitrogen and oxygen atoms in total. The number of thioether (sulfide) groups is 1. The second-order valence-electron chi connectivity index (χ2n) is 6.38. The van der Waals surface area contributed by atoms with Gasteiger partial charge in [0.1, 0.15) is 17.8 Å². The number of amides is 1. The number of carbonyl (C=O) groups excluding carboxylic acids is 1. The van der Waals surface area contributed by atoms with E-state index >= 15 is 0 Å². The molecule has 2 aromatic rings. The van der Waals surface area contributed by atoms with E-state index in [-0.39, 0.29) is 18.1 Å². The summed E-state index contributed by atoms with van der Waals surface area (Å²) in [6.07, 6.45) is 6.43. The first-order valence-corrected chi connectivity index (χ1v) is 9.67. The van der Waals surface area contributed by atoms with Gasteiger partial charge in [0.2, 0.25) is 0 Å². The molecule has 1 saturated heterocycles. The van der Waals surface area contributed by atoms with Crippen molar-refractivity contribution in [3.8, 4) is 0 Å². The minimum Gasteiger partial charge on any atom is -0.380 e. The molecular weight excluding hydrogens is 352 g/mol. The van der Waals surface area contributed by atoms with Crippen LogP contribution in [0.2, 0.25) is 0 Å². The fourth-order valence-corrected chi connectivity index (χ4v) is 4.21. The summed E-state index contributed by atoms with van der Waals surface area (Å²) >= 11 is 1.58. The Kier molecular flexibility index (Phi) is 5.09. The fourth-order valence-electron chi connectivity index (χ4n) is 3.30. The number of nitrogens with one attached hydrogen (secondary N) is 3. The Morgan fingerprint density at radius 3 is 3.27 bits per heavy atom. The summed E-state index contributed by atoms with van der Waals surface area (Å²) < 4.78 is 5.34. The Hall–Kier alpha value is -2.10. The number of carbonyl (C=O) groups is 1. The summed E-state index contributed by atoms with van der Waals surface area (Å²) in [6, 6.07) is 2.22. The molecule has 2 aromatic heterocycles. The predicted octanol–water partition coefficient (Wildman–Crippen LogP) is 0.846. The molecule has 0 aromatic carbocycles. The summed E-state index contributed by atoms with van der Waals surface area (Å²) in [5, 5.41) is 7.36. The standard InChI is InChI=1S/C17H22N6O2S/c1-25-12-6-11(19-8-12)7-20-17(24)14-9-23(4-5-26-14)16-13-2-3-18-15(13)21-10-22-16/h2-3,9-12,19H,4-8H2,1H3,(H,20,24)(H,18,21,22)/t11-,12-/m1/s1. The maximum atomic E-state index is 12.6. The second-order valence-corrected chi connectivity index (χ2v) is 7.52. The van der Waals surface area contributed by atoms with Crippen molar-refractivity contribution < 1.29 is 9.53 Å². The van der Waals surface area contributed by atoms with Gasteiger partial charge in [-0.25, -0.2) is 9.97 Å². The Morgan fingerprint density at radius 1 is 1.50 bits per heavy atom. The molecule has 1 amide bonds. The Balaban J connectivity index is 1.43. The van der Waals surface area contributed by atoms with E-state index in [0.29, 0.717) is 11.4 Å². The van der Waals surface area contributed by atoms with Crippen LogP contribution in [-0.4, -0.2) is 65.5 Å². The Morgan fingerprint density at radius 2 is 2.42 bits per heavy atom. The van der Waals surface area contributed by atoms with Crippen molar-refractivity contribution in [1.29, 1.82) is 0 Å². The fraction of sp³-hybridized carbons (Fsp3) is 0.471. The molecule has 4 rings (SSSR count). The summed E-state index contributed by atoms with van der Waals surface area (Å²) in [4.78, 5) is 27.0. The van der Waals surface area contributed by atoms with Crippen molar-refractivity contribution in [3.63, 3.8) is 0 Å². The Labute approximate surface area is 155 Å². The largest absolute Gasteiger partial charge is 0.380 e. The highest BCUT2D eigenvalue weighted by molar-refractivity contribution is 8.04. The van der Waals surface area contributed by atoms with Crippen LogP contribution in [0.4, 0.5) is 5.82 Å². The van der Waals surface area contributed by atoms with E-state index in [4.69, 9.17) is 4.74 Å². The third-order valence-corrected chi connectivity index (χ3v) is 5.70. The molecule has 9 heteroatoms. The normalized spacial score (nSPS) is 23.3. The van der Waals surface area contributed by atoms with Crippen LogP contribution in [0.15, 0.2) is 29.7 Å². The molecular formula is C17H22N6O2S. The van der Waals surface area contributed by atoms with E-state index in [0.717, 1.165) is 42.1 Å². The number of ether oxygens (including phenoxy) is 1. The first kappa shape index (κ1) is 17.3. The van der Waals surface area contributed by atoms with Crippen molar-refractivity contribution in [1.82, 2.24) is 25.6 Å². The molecule has 2 aliphatic rings. The average Bonchev–Trinajstić information content (AvgIpc) is 3.35. The van der Waals surface area contributed by atoms with E-state index in [1.807, 2.05) is 23.4 Å². The van der Waals surface area contributed by atoms with Gasteiger partial charge in [-0.3, -0.25) is 4.79 Å². The van der Waals surface area contributed by atoms with Crippen LogP contribution in [0.25, 0.3) is 11.0 Å². The van der Waals surface area contributed by atoms with Gasteiger partial charge in [0.25, 0.3) is 5.91 Å². The zero-order valence-corrected chi connectivity index (χ0v) is 15.4. The van der Waals surface area contributed by atoms with Gasteiger partial charge in [-0.15, -0.1) is 11.8 Å². The molecule has 0 bridgehead atoms. The molecule has 2 aliphatic heterocycles. The van der Waals surface area contributed by atoms with Gasteiger partial charge >= 0.3 is 0 Å². The molecule has 138 valence electrons. The van der Waals surface area contributed by atoms with Crippen LogP contribution in [-0.2, 0) is 9.53 Å². The third kappa shape index (κ3) is 3.55. The molecule has 0 spiro atoms. The van der Waals surface area contributed by atoms with Crippen molar-refractivity contribution in [3.05, 3.63) is 29.7 Å². The molecule has 0 unspecified atom stereocenters. The minimum atomic E-state index is -0.0401. The van der Waals surface area contributed by atoms with E-state index in [2.05, 4.69) is 25.6 Å². The van der Waals surface area contributed by atoms with E-state index in [9.17, 15) is 4.79 Å².